The molecule has 1 aliphatic carbocycles. The van der Waals surface area contributed by atoms with E-state index >= 15 is 0 Å². The van der Waals surface area contributed by atoms with E-state index in [4.69, 9.17) is 29.9 Å². The quantitative estimate of drug-likeness (QED) is 0.0609. The molecular formula is C18H31B2N6O3. The summed E-state index contributed by atoms with van der Waals surface area (Å²) in [6.07, 6.45) is 7.04. The highest BCUT2D eigenvalue weighted by atomic mass is 16.5. The molecule has 1 spiro atoms. The zero-order valence-electron chi connectivity index (χ0n) is 16.9. The smallest absolute Gasteiger partial charge is 0.323 e. The molecule has 5 unspecified atom stereocenters. The number of hydrogen-bond acceptors (Lipinski definition) is 7. The van der Waals surface area contributed by atoms with Crippen LogP contribution in [0.4, 0.5) is 0 Å². The van der Waals surface area contributed by atoms with Crippen LogP contribution in [0.25, 0.3) is 0 Å². The van der Waals surface area contributed by atoms with Crippen LogP contribution >= 0.6 is 0 Å². The molecule has 3 aliphatic rings. The number of amides is 1. The summed E-state index contributed by atoms with van der Waals surface area (Å²) in [6.45, 7) is 0.289. The average molecular weight is 401 g/mol. The summed E-state index contributed by atoms with van der Waals surface area (Å²) < 4.78 is 5.41. The molecule has 2 saturated heterocycles. The molecular weight excluding hydrogens is 370 g/mol. The molecule has 3 rings (SSSR count). The highest BCUT2D eigenvalue weighted by molar-refractivity contribution is 6.72. The van der Waals surface area contributed by atoms with E-state index in [0.717, 1.165) is 32.1 Å². The first-order valence-corrected chi connectivity index (χ1v) is 10.5. The summed E-state index contributed by atoms with van der Waals surface area (Å²) in [5.41, 5.74) is 13.2. The number of nitrogens with zero attached hydrogens (tertiary/aromatic N) is 1. The molecule has 9 nitrogen and oxygen atoms in total. The number of ether oxygens (including phenoxy) is 1. The molecule has 0 aromatic heterocycles. The Morgan fingerprint density at radius 2 is 2.07 bits per heavy atom. The number of hydrazone groups is 1. The number of piperidine rings is 1. The lowest BCUT2D eigenvalue weighted by Crippen LogP contribution is -2.55. The Hall–Kier alpha value is -1.74. The lowest BCUT2D eigenvalue weighted by atomic mass is 9.60. The second-order valence-corrected chi connectivity index (χ2v) is 8.69. The third kappa shape index (κ3) is 4.88. The Morgan fingerprint density at radius 1 is 1.28 bits per heavy atom. The first-order chi connectivity index (χ1) is 13.8. The van der Waals surface area contributed by atoms with Crippen LogP contribution in [0.2, 0.25) is 5.31 Å². The van der Waals surface area contributed by atoms with Crippen molar-refractivity contribution in [2.45, 2.75) is 74.5 Å². The molecule has 5 atom stereocenters. The van der Waals surface area contributed by atoms with Crippen molar-refractivity contribution in [3.8, 4) is 0 Å². The largest absolute Gasteiger partial charge is 0.465 e. The van der Waals surface area contributed by atoms with Crippen LogP contribution in [0, 0.1) is 11.8 Å². The number of hydrogen-bond donors (Lipinski definition) is 5. The molecule has 2 heterocycles. The lowest BCUT2D eigenvalue weighted by Gasteiger charge is -2.47. The van der Waals surface area contributed by atoms with Crippen molar-refractivity contribution in [3.05, 3.63) is 0 Å². The summed E-state index contributed by atoms with van der Waals surface area (Å²) in [6, 6.07) is -0.403. The normalized spacial score (nSPS) is 35.6. The predicted octanol–water partition coefficient (Wildman–Crippen LogP) is -0.822. The Kier molecular flexibility index (Phi) is 6.78. The van der Waals surface area contributed by atoms with Gasteiger partial charge in [0.25, 0.3) is 0 Å². The fourth-order valence-electron chi connectivity index (χ4n) is 5.18. The van der Waals surface area contributed by atoms with E-state index in [1.165, 1.54) is 0 Å². The monoisotopic (exact) mass is 401 g/mol. The summed E-state index contributed by atoms with van der Waals surface area (Å²) in [7, 11) is 8.73. The van der Waals surface area contributed by atoms with Gasteiger partial charge in [-0.3, -0.25) is 9.59 Å². The highest BCUT2D eigenvalue weighted by Gasteiger charge is 2.71. The molecule has 29 heavy (non-hydrogen) atoms. The summed E-state index contributed by atoms with van der Waals surface area (Å²) in [5.74, 6) is 5.94. The molecule has 1 saturated carbocycles. The van der Waals surface area contributed by atoms with E-state index in [0.29, 0.717) is 43.4 Å². The molecule has 0 aromatic rings. The number of esters is 1. The van der Waals surface area contributed by atoms with Gasteiger partial charge in [-0.05, 0) is 49.3 Å². The molecule has 8 N–H and O–H groups in total. The third-order valence-electron chi connectivity index (χ3n) is 6.78. The first-order valence-electron chi connectivity index (χ1n) is 10.5. The van der Waals surface area contributed by atoms with Gasteiger partial charge in [-0.1, -0.05) is 18.2 Å². The number of rotatable bonds is 10. The van der Waals surface area contributed by atoms with E-state index in [-0.39, 0.29) is 23.8 Å². The first kappa shape index (κ1) is 22.0. The van der Waals surface area contributed by atoms with E-state index in [2.05, 4.69) is 23.2 Å². The molecule has 2 aliphatic heterocycles. The van der Waals surface area contributed by atoms with Crippen LogP contribution in [-0.4, -0.2) is 50.8 Å². The summed E-state index contributed by atoms with van der Waals surface area (Å²) in [4.78, 5) is 23.3. The van der Waals surface area contributed by atoms with Crippen molar-refractivity contribution in [2.24, 2.45) is 34.2 Å². The van der Waals surface area contributed by atoms with Crippen LogP contribution in [0.15, 0.2) is 5.10 Å². The highest BCUT2D eigenvalue weighted by Crippen LogP contribution is 2.69. The zero-order valence-corrected chi connectivity index (χ0v) is 16.9. The fourth-order valence-corrected chi connectivity index (χ4v) is 5.18. The number of primary amides is 1. The molecule has 3 radical (unpaired) electrons. The van der Waals surface area contributed by atoms with Gasteiger partial charge in [-0.25, -0.2) is 11.4 Å². The number of carbonyl (C=O) groups is 2. The number of nitrogens with two attached hydrogens (primary N) is 3. The van der Waals surface area contributed by atoms with Crippen molar-refractivity contribution in [3.63, 3.8) is 0 Å². The second kappa shape index (κ2) is 8.95. The van der Waals surface area contributed by atoms with Crippen molar-refractivity contribution >= 4 is 32.8 Å². The van der Waals surface area contributed by atoms with Crippen LogP contribution in [-0.2, 0) is 14.3 Å². The average Bonchev–Trinajstić information content (AvgIpc) is 3.28. The SMILES string of the molecule is [B]C12[B]C13CCC(CC/C(N)=N/NN)CC3CC(C(=O)OCCCCC(N)=O)N2. The Balaban J connectivity index is 1.50. The van der Waals surface area contributed by atoms with Crippen molar-refractivity contribution < 1.29 is 14.3 Å². The summed E-state index contributed by atoms with van der Waals surface area (Å²) >= 11 is 0. The molecule has 11 heteroatoms. The van der Waals surface area contributed by atoms with E-state index in [1.54, 1.807) is 0 Å². The Morgan fingerprint density at radius 3 is 2.79 bits per heavy atom. The molecule has 3 fully saturated rings. The lowest BCUT2D eigenvalue weighted by molar-refractivity contribution is -0.148. The van der Waals surface area contributed by atoms with E-state index in [9.17, 15) is 9.59 Å². The predicted molar refractivity (Wildman–Crippen MR) is 111 cm³/mol. The third-order valence-corrected chi connectivity index (χ3v) is 6.78. The van der Waals surface area contributed by atoms with Gasteiger partial charge < -0.3 is 21.5 Å². The number of hydrazine groups is 1. The second-order valence-electron chi connectivity index (χ2n) is 8.69. The maximum atomic E-state index is 12.5. The Labute approximate surface area is 173 Å². The molecule has 157 valence electrons. The van der Waals surface area contributed by atoms with Crippen LogP contribution in [0.5, 0.6) is 0 Å². The van der Waals surface area contributed by atoms with Gasteiger partial charge in [-0.15, -0.1) is 0 Å². The number of nitrogens with one attached hydrogen (secondary N) is 2. The van der Waals surface area contributed by atoms with Gasteiger partial charge in [-0.2, -0.15) is 5.10 Å². The maximum absolute atomic E-state index is 12.5. The zero-order chi connectivity index (χ0) is 21.1. The van der Waals surface area contributed by atoms with Crippen LogP contribution in [0.1, 0.15) is 57.8 Å². The minimum Gasteiger partial charge on any atom is -0.465 e. The topological polar surface area (TPSA) is 158 Å². The van der Waals surface area contributed by atoms with Crippen molar-refractivity contribution in [1.29, 1.82) is 0 Å². The Bertz CT molecular complexity index is 666. The van der Waals surface area contributed by atoms with Gasteiger partial charge in [0.05, 0.1) is 14.5 Å². The van der Waals surface area contributed by atoms with E-state index < -0.39 is 11.4 Å². The van der Waals surface area contributed by atoms with Gasteiger partial charge in [0.15, 0.2) is 0 Å². The van der Waals surface area contributed by atoms with Crippen LogP contribution in [0.3, 0.4) is 0 Å². The number of amidine groups is 1. The standard InChI is InChI=1S/C18H31B2N6O3/c19-18-17(20-18)7-6-11(4-5-14(21)25-26-23)9-12(17)10-13(24-18)16(28)29-8-2-1-3-15(22)27/h11-13,24,26H,1-10,23H2,(H2,21,25)(H2,22,27). The van der Waals surface area contributed by atoms with Crippen molar-refractivity contribution in [2.75, 3.05) is 6.61 Å². The minimum absolute atomic E-state index is 0.0137. The number of carbonyl (C=O) groups excluding carboxylic acids is 2. The van der Waals surface area contributed by atoms with Gasteiger partial charge in [0.1, 0.15) is 19.2 Å². The molecule has 0 aromatic carbocycles. The fraction of sp³-hybridized carbons (Fsp3) is 0.833. The maximum Gasteiger partial charge on any atom is 0.323 e. The van der Waals surface area contributed by atoms with Gasteiger partial charge >= 0.3 is 5.97 Å². The number of unbranched alkanes of at least 4 members (excludes halogenated alkanes) is 1. The van der Waals surface area contributed by atoms with Gasteiger partial charge in [0, 0.05) is 12.8 Å². The molecule has 0 bridgehead atoms. The van der Waals surface area contributed by atoms with Gasteiger partial charge in [0.2, 0.25) is 5.91 Å². The van der Waals surface area contributed by atoms with Crippen molar-refractivity contribution in [1.82, 2.24) is 10.9 Å². The minimum atomic E-state index is -0.583. The van der Waals surface area contributed by atoms with Crippen LogP contribution < -0.4 is 28.2 Å². The summed E-state index contributed by atoms with van der Waals surface area (Å²) in [5, 5.41) is 6.52. The van der Waals surface area contributed by atoms with E-state index in [1.807, 2.05) is 0 Å². The molecule has 1 amide bonds.